The van der Waals surface area contributed by atoms with Crippen LogP contribution in [0.3, 0.4) is 0 Å². The van der Waals surface area contributed by atoms with E-state index in [4.69, 9.17) is 10.5 Å². The standard InChI is InChI=1S/C19H37N3O3/c1-13(2)16(20)17(23)21-10-8-9-15(11-21)12-22(14(3)4)18(24)25-19(5,6)7/h13-16H,8-12,20H2,1-7H3/t15-,16+/m1/s1. The molecule has 146 valence electrons. The van der Waals surface area contributed by atoms with Gasteiger partial charge < -0.3 is 20.3 Å². The number of carbonyl (C=O) groups is 2. The van der Waals surface area contributed by atoms with E-state index >= 15 is 0 Å². The molecule has 2 atom stereocenters. The van der Waals surface area contributed by atoms with Gasteiger partial charge in [0, 0.05) is 25.7 Å². The molecule has 0 radical (unpaired) electrons. The van der Waals surface area contributed by atoms with Gasteiger partial charge in [-0.3, -0.25) is 4.79 Å². The van der Waals surface area contributed by atoms with Crippen molar-refractivity contribution in [2.75, 3.05) is 19.6 Å². The summed E-state index contributed by atoms with van der Waals surface area (Å²) in [5, 5.41) is 0. The van der Waals surface area contributed by atoms with Gasteiger partial charge in [0.15, 0.2) is 0 Å². The molecule has 0 unspecified atom stereocenters. The third kappa shape index (κ3) is 6.84. The van der Waals surface area contributed by atoms with E-state index in [-0.39, 0.29) is 29.9 Å². The maximum atomic E-state index is 12.5. The monoisotopic (exact) mass is 355 g/mol. The van der Waals surface area contributed by atoms with Crippen LogP contribution in [0.2, 0.25) is 0 Å². The lowest BCUT2D eigenvalue weighted by Gasteiger charge is -2.38. The van der Waals surface area contributed by atoms with E-state index < -0.39 is 11.6 Å². The Morgan fingerprint density at radius 1 is 1.24 bits per heavy atom. The van der Waals surface area contributed by atoms with Gasteiger partial charge in [-0.05, 0) is 59.3 Å². The van der Waals surface area contributed by atoms with E-state index in [0.29, 0.717) is 13.1 Å². The SMILES string of the molecule is CC(C)[C@H](N)C(=O)N1CCC[C@@H](CN(C(=O)OC(C)(C)C)C(C)C)C1. The first-order chi connectivity index (χ1) is 11.4. The highest BCUT2D eigenvalue weighted by atomic mass is 16.6. The molecule has 0 aromatic heterocycles. The summed E-state index contributed by atoms with van der Waals surface area (Å²) < 4.78 is 5.53. The summed E-state index contributed by atoms with van der Waals surface area (Å²) in [7, 11) is 0. The second-order valence-electron chi connectivity index (χ2n) is 8.79. The van der Waals surface area contributed by atoms with Gasteiger partial charge in [-0.1, -0.05) is 13.8 Å². The number of hydrogen-bond acceptors (Lipinski definition) is 4. The Kier molecular flexibility index (Phi) is 7.72. The van der Waals surface area contributed by atoms with Gasteiger partial charge in [0.25, 0.3) is 0 Å². The molecule has 0 bridgehead atoms. The predicted octanol–water partition coefficient (Wildman–Crippen LogP) is 2.85. The first-order valence-electron chi connectivity index (χ1n) is 9.46. The van der Waals surface area contributed by atoms with Crippen LogP contribution in [0.25, 0.3) is 0 Å². The van der Waals surface area contributed by atoms with E-state index in [1.165, 1.54) is 0 Å². The number of piperidine rings is 1. The van der Waals surface area contributed by atoms with Crippen LogP contribution in [0.15, 0.2) is 0 Å². The van der Waals surface area contributed by atoms with E-state index in [1.807, 2.05) is 53.4 Å². The third-order valence-electron chi connectivity index (χ3n) is 4.54. The average molecular weight is 356 g/mol. The number of hydrogen-bond donors (Lipinski definition) is 1. The number of rotatable bonds is 5. The molecule has 0 spiro atoms. The molecule has 1 heterocycles. The highest BCUT2D eigenvalue weighted by Gasteiger charge is 2.32. The Labute approximate surface area is 153 Å². The van der Waals surface area contributed by atoms with Crippen molar-refractivity contribution in [2.24, 2.45) is 17.6 Å². The lowest BCUT2D eigenvalue weighted by atomic mass is 9.95. The predicted molar refractivity (Wildman–Crippen MR) is 100 cm³/mol. The molecule has 6 heteroatoms. The molecule has 1 aliphatic rings. The molecule has 2 amide bonds. The van der Waals surface area contributed by atoms with Crippen molar-refractivity contribution in [3.8, 4) is 0 Å². The number of likely N-dealkylation sites (tertiary alicyclic amines) is 1. The van der Waals surface area contributed by atoms with Crippen molar-refractivity contribution < 1.29 is 14.3 Å². The minimum Gasteiger partial charge on any atom is -0.444 e. The molecule has 0 saturated carbocycles. The summed E-state index contributed by atoms with van der Waals surface area (Å²) in [6.07, 6.45) is 1.67. The highest BCUT2D eigenvalue weighted by molar-refractivity contribution is 5.82. The summed E-state index contributed by atoms with van der Waals surface area (Å²) in [5.41, 5.74) is 5.52. The lowest BCUT2D eigenvalue weighted by molar-refractivity contribution is -0.135. The van der Waals surface area contributed by atoms with Crippen LogP contribution in [0.1, 0.15) is 61.3 Å². The first-order valence-corrected chi connectivity index (χ1v) is 9.46. The molecule has 0 aromatic rings. The minimum absolute atomic E-state index is 0.0214. The molecule has 0 aliphatic carbocycles. The van der Waals surface area contributed by atoms with Crippen molar-refractivity contribution in [1.82, 2.24) is 9.80 Å². The molecule has 25 heavy (non-hydrogen) atoms. The van der Waals surface area contributed by atoms with Gasteiger partial charge >= 0.3 is 6.09 Å². The second-order valence-corrected chi connectivity index (χ2v) is 8.79. The molecule has 0 aromatic carbocycles. The van der Waals surface area contributed by atoms with Crippen LogP contribution in [-0.2, 0) is 9.53 Å². The van der Waals surface area contributed by atoms with Crippen LogP contribution in [0.5, 0.6) is 0 Å². The van der Waals surface area contributed by atoms with Gasteiger partial charge in [0.2, 0.25) is 5.91 Å². The Hall–Kier alpha value is -1.30. The quantitative estimate of drug-likeness (QED) is 0.823. The number of nitrogens with two attached hydrogens (primary N) is 1. The summed E-state index contributed by atoms with van der Waals surface area (Å²) >= 11 is 0. The summed E-state index contributed by atoms with van der Waals surface area (Å²) in [6.45, 7) is 15.5. The van der Waals surface area contributed by atoms with Crippen LogP contribution in [0, 0.1) is 11.8 Å². The zero-order valence-corrected chi connectivity index (χ0v) is 17.0. The number of amides is 2. The third-order valence-corrected chi connectivity index (χ3v) is 4.54. The molecular weight excluding hydrogens is 318 g/mol. The van der Waals surface area contributed by atoms with Crippen LogP contribution < -0.4 is 5.73 Å². The van der Waals surface area contributed by atoms with E-state index in [2.05, 4.69) is 0 Å². The number of ether oxygens (including phenoxy) is 1. The molecular formula is C19H37N3O3. The Bertz CT molecular complexity index is 457. The highest BCUT2D eigenvalue weighted by Crippen LogP contribution is 2.21. The Morgan fingerprint density at radius 2 is 1.84 bits per heavy atom. The molecule has 1 saturated heterocycles. The fraction of sp³-hybridized carbons (Fsp3) is 0.895. The van der Waals surface area contributed by atoms with E-state index in [0.717, 1.165) is 19.4 Å². The zero-order chi connectivity index (χ0) is 19.4. The summed E-state index contributed by atoms with van der Waals surface area (Å²) in [4.78, 5) is 28.6. The van der Waals surface area contributed by atoms with E-state index in [1.54, 1.807) is 4.90 Å². The molecule has 6 nitrogen and oxygen atoms in total. The van der Waals surface area contributed by atoms with Gasteiger partial charge in [-0.25, -0.2) is 4.79 Å². The maximum absolute atomic E-state index is 12.5. The first kappa shape index (κ1) is 21.7. The molecule has 1 rings (SSSR count). The zero-order valence-electron chi connectivity index (χ0n) is 17.0. The molecule has 1 fully saturated rings. The summed E-state index contributed by atoms with van der Waals surface area (Å²) in [6, 6.07) is -0.398. The largest absolute Gasteiger partial charge is 0.444 e. The topological polar surface area (TPSA) is 75.9 Å². The molecule has 1 aliphatic heterocycles. The number of nitrogens with zero attached hydrogens (tertiary/aromatic N) is 2. The van der Waals surface area contributed by atoms with Gasteiger partial charge in [-0.2, -0.15) is 0 Å². The van der Waals surface area contributed by atoms with Crippen molar-refractivity contribution in [2.45, 2.75) is 79.0 Å². The van der Waals surface area contributed by atoms with Crippen molar-refractivity contribution in [1.29, 1.82) is 0 Å². The number of carbonyl (C=O) groups excluding carboxylic acids is 2. The van der Waals surface area contributed by atoms with Crippen molar-refractivity contribution >= 4 is 12.0 Å². The van der Waals surface area contributed by atoms with Gasteiger partial charge in [0.05, 0.1) is 6.04 Å². The normalized spacial score (nSPS) is 19.9. The van der Waals surface area contributed by atoms with Crippen LogP contribution >= 0.6 is 0 Å². The Morgan fingerprint density at radius 3 is 2.32 bits per heavy atom. The smallest absolute Gasteiger partial charge is 0.410 e. The minimum atomic E-state index is -0.511. The Balaban J connectivity index is 2.72. The van der Waals surface area contributed by atoms with Gasteiger partial charge in [-0.15, -0.1) is 0 Å². The fourth-order valence-corrected chi connectivity index (χ4v) is 3.01. The van der Waals surface area contributed by atoms with E-state index in [9.17, 15) is 9.59 Å². The van der Waals surface area contributed by atoms with Crippen LogP contribution in [-0.4, -0.2) is 59.1 Å². The molecule has 2 N–H and O–H groups in total. The fourth-order valence-electron chi connectivity index (χ4n) is 3.01. The van der Waals surface area contributed by atoms with Crippen LogP contribution in [0.4, 0.5) is 4.79 Å². The second kappa shape index (κ2) is 8.88. The van der Waals surface area contributed by atoms with Crippen molar-refractivity contribution in [3.63, 3.8) is 0 Å². The van der Waals surface area contributed by atoms with Crippen molar-refractivity contribution in [3.05, 3.63) is 0 Å². The maximum Gasteiger partial charge on any atom is 0.410 e. The van der Waals surface area contributed by atoms with Gasteiger partial charge in [0.1, 0.15) is 5.60 Å². The average Bonchev–Trinajstić information content (AvgIpc) is 2.49. The summed E-state index contributed by atoms with van der Waals surface area (Å²) in [5.74, 6) is 0.404. The lowest BCUT2D eigenvalue weighted by Crippen LogP contribution is -2.52.